The molecule has 0 fully saturated rings. The van der Waals surface area contributed by atoms with Gasteiger partial charge in [0.25, 0.3) is 0 Å². The third kappa shape index (κ3) is 11.1. The number of methoxy groups -OCH3 is 2. The Balaban J connectivity index is 1.55. The van der Waals surface area contributed by atoms with Crippen LogP contribution in [0.2, 0.25) is 0 Å². The number of aliphatic carboxylic acids is 1. The maximum atomic E-state index is 12.7. The normalized spacial score (nSPS) is 11.3. The van der Waals surface area contributed by atoms with Gasteiger partial charge >= 0.3 is 12.0 Å². The second kappa shape index (κ2) is 17.3. The van der Waals surface area contributed by atoms with Crippen LogP contribution in [0.15, 0.2) is 60.8 Å². The molecule has 0 radical (unpaired) electrons. The number of ketones is 1. The monoisotopic (exact) mass is 607 g/mol. The van der Waals surface area contributed by atoms with E-state index in [0.29, 0.717) is 40.7 Å². The number of carbonyl (C=O) groups excluding carboxylic acids is 3. The summed E-state index contributed by atoms with van der Waals surface area (Å²) in [5.41, 5.74) is 3.50. The minimum absolute atomic E-state index is 0.0194. The Hall–Kier alpha value is -4.85. The van der Waals surface area contributed by atoms with Crippen molar-refractivity contribution in [3.8, 4) is 5.75 Å². The van der Waals surface area contributed by atoms with Crippen LogP contribution in [0.5, 0.6) is 5.75 Å². The molecule has 0 aliphatic heterocycles. The Morgan fingerprint density at radius 1 is 0.932 bits per heavy atom. The number of aryl methyl sites for hydroxylation is 1. The fraction of sp³-hybridized carbons (Fsp3) is 0.323. The van der Waals surface area contributed by atoms with Gasteiger partial charge in [-0.15, -0.1) is 0 Å². The molecule has 0 bridgehead atoms. The van der Waals surface area contributed by atoms with Gasteiger partial charge in [-0.05, 0) is 48.4 Å². The molecular formula is C31H37N5O8. The van der Waals surface area contributed by atoms with Crippen LogP contribution in [0.25, 0.3) is 0 Å². The highest BCUT2D eigenvalue weighted by Crippen LogP contribution is 2.26. The number of anilines is 3. The first-order chi connectivity index (χ1) is 21.2. The predicted molar refractivity (Wildman–Crippen MR) is 164 cm³/mol. The summed E-state index contributed by atoms with van der Waals surface area (Å²) in [5.74, 6) is -1.24. The van der Waals surface area contributed by atoms with Gasteiger partial charge in [-0.25, -0.2) is 4.79 Å². The van der Waals surface area contributed by atoms with Crippen molar-refractivity contribution in [3.63, 3.8) is 0 Å². The minimum Gasteiger partial charge on any atom is -0.495 e. The molecule has 0 spiro atoms. The Labute approximate surface area is 255 Å². The summed E-state index contributed by atoms with van der Waals surface area (Å²) in [4.78, 5) is 53.0. The number of Topliss-reactive ketones (excluding diaryl/α,β-unsaturated/α-hetero) is 1. The summed E-state index contributed by atoms with van der Waals surface area (Å²) < 4.78 is 15.5. The first-order valence-corrected chi connectivity index (χ1v) is 13.8. The second-order valence-electron chi connectivity index (χ2n) is 9.74. The topological polar surface area (TPSA) is 177 Å². The maximum Gasteiger partial charge on any atom is 0.323 e. The van der Waals surface area contributed by atoms with Crippen LogP contribution in [-0.2, 0) is 30.3 Å². The summed E-state index contributed by atoms with van der Waals surface area (Å²) in [7, 11) is 3.00. The van der Waals surface area contributed by atoms with Gasteiger partial charge in [0.1, 0.15) is 12.4 Å². The van der Waals surface area contributed by atoms with E-state index in [4.69, 9.17) is 14.2 Å². The van der Waals surface area contributed by atoms with Gasteiger partial charge in [-0.1, -0.05) is 24.3 Å². The minimum atomic E-state index is -1.06. The number of aromatic nitrogens is 1. The first kappa shape index (κ1) is 33.6. The number of carboxylic acids is 1. The van der Waals surface area contributed by atoms with Crippen LogP contribution in [0.3, 0.4) is 0 Å². The number of ether oxygens (including phenoxy) is 3. The van der Waals surface area contributed by atoms with E-state index in [9.17, 15) is 24.3 Å². The van der Waals surface area contributed by atoms with Crippen LogP contribution >= 0.6 is 0 Å². The Bertz CT molecular complexity index is 1430. The zero-order valence-corrected chi connectivity index (χ0v) is 24.8. The van der Waals surface area contributed by atoms with Crippen molar-refractivity contribution in [2.45, 2.75) is 25.8 Å². The molecule has 1 unspecified atom stereocenters. The highest BCUT2D eigenvalue weighted by atomic mass is 16.5. The highest BCUT2D eigenvalue weighted by Gasteiger charge is 2.18. The van der Waals surface area contributed by atoms with E-state index < -0.39 is 18.0 Å². The smallest absolute Gasteiger partial charge is 0.323 e. The molecule has 3 rings (SSSR count). The lowest BCUT2D eigenvalue weighted by atomic mass is 10.1. The molecule has 3 amide bonds. The van der Waals surface area contributed by atoms with E-state index in [1.807, 2.05) is 25.1 Å². The Morgan fingerprint density at radius 3 is 2.39 bits per heavy atom. The molecule has 13 nitrogen and oxygen atoms in total. The van der Waals surface area contributed by atoms with E-state index in [-0.39, 0.29) is 44.3 Å². The van der Waals surface area contributed by atoms with Crippen LogP contribution in [0.1, 0.15) is 29.3 Å². The predicted octanol–water partition coefficient (Wildman–Crippen LogP) is 3.56. The van der Waals surface area contributed by atoms with Gasteiger partial charge in [-0.2, -0.15) is 0 Å². The van der Waals surface area contributed by atoms with Crippen molar-refractivity contribution in [2.75, 3.05) is 56.5 Å². The van der Waals surface area contributed by atoms with Gasteiger partial charge in [0.2, 0.25) is 5.91 Å². The number of hydrogen-bond donors (Lipinski definition) is 5. The van der Waals surface area contributed by atoms with E-state index in [1.54, 1.807) is 36.4 Å². The number of rotatable bonds is 17. The molecule has 2 aromatic carbocycles. The molecule has 0 aliphatic rings. The Kier molecular flexibility index (Phi) is 13.2. The molecule has 44 heavy (non-hydrogen) atoms. The van der Waals surface area contributed by atoms with Crippen LogP contribution in [0.4, 0.5) is 21.9 Å². The third-order valence-corrected chi connectivity index (χ3v) is 6.32. The molecule has 1 heterocycles. The molecule has 0 saturated carbocycles. The molecule has 0 aliphatic carbocycles. The van der Waals surface area contributed by atoms with Gasteiger partial charge in [0.15, 0.2) is 5.78 Å². The molecule has 1 aromatic heterocycles. The zero-order chi connectivity index (χ0) is 31.9. The van der Waals surface area contributed by atoms with Crippen LogP contribution in [-0.4, -0.2) is 74.4 Å². The number of urea groups is 1. The number of benzene rings is 2. The summed E-state index contributed by atoms with van der Waals surface area (Å²) >= 11 is 0. The third-order valence-electron chi connectivity index (χ3n) is 6.32. The number of carbonyl (C=O) groups is 4. The molecule has 1 atom stereocenters. The van der Waals surface area contributed by atoms with Gasteiger partial charge in [0.05, 0.1) is 69.0 Å². The number of nitrogens with zero attached hydrogens (tertiary/aromatic N) is 1. The number of carboxylic acid groups (broad SMARTS) is 1. The average molecular weight is 608 g/mol. The molecule has 0 saturated heterocycles. The number of amides is 3. The number of para-hydroxylation sites is 1. The standard InChI is InChI=1S/C31H37N5O8/c1-20-6-4-5-7-24(20)35-31(41)36-26-10-8-21(14-28(26)43-3)15-29(38)34-22-9-11-25(32-17-22)27(16-30(39)40)33-18-23(37)19-44-13-12-42-2/h4-11,14,17,27,33H,12-13,15-16,18-19H2,1-3H3,(H,34,38)(H,39,40)(H2,35,36,41). The largest absolute Gasteiger partial charge is 0.495 e. The lowest BCUT2D eigenvalue weighted by Crippen LogP contribution is -2.31. The summed E-state index contributed by atoms with van der Waals surface area (Å²) in [6.07, 6.45) is 1.14. The average Bonchev–Trinajstić information content (AvgIpc) is 2.99. The van der Waals surface area contributed by atoms with Crippen molar-refractivity contribution in [1.29, 1.82) is 0 Å². The number of hydrogen-bond acceptors (Lipinski definition) is 9. The lowest BCUT2D eigenvalue weighted by molar-refractivity contribution is -0.138. The van der Waals surface area contributed by atoms with Crippen molar-refractivity contribution in [3.05, 3.63) is 77.6 Å². The highest BCUT2D eigenvalue weighted by molar-refractivity contribution is 6.01. The summed E-state index contributed by atoms with van der Waals surface area (Å²) in [6.45, 7) is 2.31. The SMILES string of the molecule is COCCOCC(=O)CNC(CC(=O)O)c1ccc(NC(=O)Cc2ccc(NC(=O)Nc3ccccc3C)c(OC)c2)cn1. The van der Waals surface area contributed by atoms with Crippen LogP contribution < -0.4 is 26.0 Å². The van der Waals surface area contributed by atoms with Gasteiger partial charge in [0, 0.05) is 12.8 Å². The van der Waals surface area contributed by atoms with Crippen molar-refractivity contribution >= 4 is 40.8 Å². The summed E-state index contributed by atoms with van der Waals surface area (Å²) in [6, 6.07) is 14.5. The molecule has 234 valence electrons. The van der Waals surface area contributed by atoms with Gasteiger partial charge in [-0.3, -0.25) is 19.4 Å². The fourth-order valence-corrected chi connectivity index (χ4v) is 4.09. The van der Waals surface area contributed by atoms with E-state index in [0.717, 1.165) is 5.56 Å². The van der Waals surface area contributed by atoms with E-state index in [2.05, 4.69) is 26.3 Å². The van der Waals surface area contributed by atoms with E-state index in [1.165, 1.54) is 20.4 Å². The number of pyridine rings is 1. The van der Waals surface area contributed by atoms with Crippen molar-refractivity contribution in [1.82, 2.24) is 10.3 Å². The molecule has 5 N–H and O–H groups in total. The first-order valence-electron chi connectivity index (χ1n) is 13.8. The lowest BCUT2D eigenvalue weighted by Gasteiger charge is -2.17. The van der Waals surface area contributed by atoms with E-state index >= 15 is 0 Å². The molecule has 13 heteroatoms. The zero-order valence-electron chi connectivity index (χ0n) is 24.8. The van der Waals surface area contributed by atoms with Crippen molar-refractivity contribution in [2.24, 2.45) is 0 Å². The quantitative estimate of drug-likeness (QED) is 0.143. The maximum absolute atomic E-state index is 12.7. The number of nitrogens with one attached hydrogen (secondary N) is 4. The summed E-state index contributed by atoms with van der Waals surface area (Å²) in [5, 5.41) is 20.5. The fourth-order valence-electron chi connectivity index (χ4n) is 4.09. The molecule has 3 aromatic rings. The van der Waals surface area contributed by atoms with Crippen molar-refractivity contribution < 1.29 is 38.5 Å². The Morgan fingerprint density at radius 2 is 1.70 bits per heavy atom. The van der Waals surface area contributed by atoms with Gasteiger partial charge < -0.3 is 40.6 Å². The molecular weight excluding hydrogens is 570 g/mol. The second-order valence-corrected chi connectivity index (χ2v) is 9.74. The van der Waals surface area contributed by atoms with Crippen LogP contribution in [0, 0.1) is 6.92 Å².